The first kappa shape index (κ1) is 8.25. The summed E-state index contributed by atoms with van der Waals surface area (Å²) in [4.78, 5) is 2.66. The quantitative estimate of drug-likeness (QED) is 0.707. The maximum Gasteiger partial charge on any atom is 0.0196 e. The Hall–Kier alpha value is -0.0800. The third-order valence-electron chi connectivity index (χ3n) is 4.20. The zero-order valence-electron chi connectivity index (χ0n) is 8.28. The topological polar surface area (TPSA) is 29.3 Å². The van der Waals surface area contributed by atoms with Gasteiger partial charge in [-0.05, 0) is 43.9 Å². The summed E-state index contributed by atoms with van der Waals surface area (Å²) in [6.45, 7) is 2.54. The van der Waals surface area contributed by atoms with Gasteiger partial charge in [0.25, 0.3) is 0 Å². The Morgan fingerprint density at radius 3 is 2.62 bits per heavy atom. The van der Waals surface area contributed by atoms with Crippen LogP contribution in [0.4, 0.5) is 0 Å². The molecule has 74 valence electrons. The van der Waals surface area contributed by atoms with E-state index in [4.69, 9.17) is 5.73 Å². The standard InChI is InChI=1S/C11H20N2/c12-11(9-2-3-9)7-13-6-8-1-4-10(13)5-8/h8-11H,1-7,12H2. The predicted octanol–water partition coefficient (Wildman–Crippen LogP) is 1.21. The molecule has 2 heteroatoms. The van der Waals surface area contributed by atoms with Gasteiger partial charge >= 0.3 is 0 Å². The molecule has 3 unspecified atom stereocenters. The molecule has 0 spiro atoms. The molecule has 2 saturated carbocycles. The van der Waals surface area contributed by atoms with Crippen LogP contribution in [0, 0.1) is 11.8 Å². The number of nitrogens with two attached hydrogens (primary N) is 1. The lowest BCUT2D eigenvalue weighted by atomic mass is 10.1. The fraction of sp³-hybridized carbons (Fsp3) is 1.00. The normalized spacial score (nSPS) is 41.3. The fourth-order valence-corrected chi connectivity index (χ4v) is 3.19. The van der Waals surface area contributed by atoms with Gasteiger partial charge in [0.1, 0.15) is 0 Å². The number of hydrogen-bond acceptors (Lipinski definition) is 2. The van der Waals surface area contributed by atoms with Crippen LogP contribution in [0.3, 0.4) is 0 Å². The van der Waals surface area contributed by atoms with Gasteiger partial charge in [-0.25, -0.2) is 0 Å². The van der Waals surface area contributed by atoms with Gasteiger partial charge in [0.15, 0.2) is 0 Å². The first-order chi connectivity index (χ1) is 6.33. The van der Waals surface area contributed by atoms with E-state index in [1.807, 2.05) is 0 Å². The van der Waals surface area contributed by atoms with Gasteiger partial charge < -0.3 is 5.73 Å². The van der Waals surface area contributed by atoms with Crippen LogP contribution in [0.25, 0.3) is 0 Å². The van der Waals surface area contributed by atoms with Gasteiger partial charge in [0.05, 0.1) is 0 Å². The number of nitrogens with zero attached hydrogens (tertiary/aromatic N) is 1. The summed E-state index contributed by atoms with van der Waals surface area (Å²) in [7, 11) is 0. The number of fused-ring (bicyclic) bond motifs is 2. The van der Waals surface area contributed by atoms with E-state index in [0.717, 1.165) is 17.9 Å². The Kier molecular flexibility index (Phi) is 1.88. The molecular weight excluding hydrogens is 160 g/mol. The largest absolute Gasteiger partial charge is 0.326 e. The molecular formula is C11H20N2. The summed E-state index contributed by atoms with van der Waals surface area (Å²) >= 11 is 0. The zero-order chi connectivity index (χ0) is 8.84. The Morgan fingerprint density at radius 1 is 1.23 bits per heavy atom. The first-order valence-corrected chi connectivity index (χ1v) is 5.82. The van der Waals surface area contributed by atoms with E-state index in [1.165, 1.54) is 45.2 Å². The van der Waals surface area contributed by atoms with Gasteiger partial charge in [-0.15, -0.1) is 0 Å². The Bertz CT molecular complexity index is 200. The van der Waals surface area contributed by atoms with Crippen LogP contribution in [0.1, 0.15) is 32.1 Å². The van der Waals surface area contributed by atoms with Crippen LogP contribution >= 0.6 is 0 Å². The van der Waals surface area contributed by atoms with Crippen molar-refractivity contribution in [1.82, 2.24) is 4.90 Å². The molecule has 0 radical (unpaired) electrons. The van der Waals surface area contributed by atoms with E-state index in [9.17, 15) is 0 Å². The average Bonchev–Trinajstić information content (AvgIpc) is 2.79. The van der Waals surface area contributed by atoms with E-state index in [0.29, 0.717) is 6.04 Å². The molecule has 1 heterocycles. The van der Waals surface area contributed by atoms with Crippen LogP contribution in [-0.2, 0) is 0 Å². The maximum absolute atomic E-state index is 6.15. The van der Waals surface area contributed by atoms with E-state index in [2.05, 4.69) is 4.90 Å². The summed E-state index contributed by atoms with van der Waals surface area (Å²) in [5.74, 6) is 1.90. The molecule has 3 aliphatic rings. The minimum absolute atomic E-state index is 0.486. The van der Waals surface area contributed by atoms with Gasteiger partial charge in [-0.3, -0.25) is 4.90 Å². The van der Waals surface area contributed by atoms with Crippen LogP contribution in [-0.4, -0.2) is 30.1 Å². The second-order valence-corrected chi connectivity index (χ2v) is 5.29. The third kappa shape index (κ3) is 1.50. The van der Waals surface area contributed by atoms with Crippen LogP contribution in [0.5, 0.6) is 0 Å². The molecule has 2 bridgehead atoms. The molecule has 0 amide bonds. The van der Waals surface area contributed by atoms with Crippen molar-refractivity contribution in [3.63, 3.8) is 0 Å². The second-order valence-electron chi connectivity index (χ2n) is 5.29. The van der Waals surface area contributed by atoms with Gasteiger partial charge in [0.2, 0.25) is 0 Å². The molecule has 2 N–H and O–H groups in total. The molecule has 0 aromatic heterocycles. The van der Waals surface area contributed by atoms with Gasteiger partial charge in [-0.1, -0.05) is 0 Å². The highest BCUT2D eigenvalue weighted by Gasteiger charge is 2.39. The smallest absolute Gasteiger partial charge is 0.0196 e. The van der Waals surface area contributed by atoms with E-state index >= 15 is 0 Å². The van der Waals surface area contributed by atoms with Gasteiger partial charge in [0, 0.05) is 25.2 Å². The molecule has 13 heavy (non-hydrogen) atoms. The Balaban J connectivity index is 1.55. The van der Waals surface area contributed by atoms with Crippen LogP contribution in [0.2, 0.25) is 0 Å². The van der Waals surface area contributed by atoms with E-state index in [1.54, 1.807) is 0 Å². The van der Waals surface area contributed by atoms with Crippen molar-refractivity contribution in [3.05, 3.63) is 0 Å². The average molecular weight is 180 g/mol. The number of rotatable bonds is 3. The van der Waals surface area contributed by atoms with Gasteiger partial charge in [-0.2, -0.15) is 0 Å². The lowest BCUT2D eigenvalue weighted by Gasteiger charge is -2.29. The first-order valence-electron chi connectivity index (χ1n) is 5.82. The minimum Gasteiger partial charge on any atom is -0.326 e. The molecule has 1 aliphatic heterocycles. The fourth-order valence-electron chi connectivity index (χ4n) is 3.19. The van der Waals surface area contributed by atoms with Crippen molar-refractivity contribution >= 4 is 0 Å². The lowest BCUT2D eigenvalue weighted by molar-refractivity contribution is 0.196. The highest BCUT2D eigenvalue weighted by atomic mass is 15.2. The monoisotopic (exact) mass is 180 g/mol. The summed E-state index contributed by atoms with van der Waals surface area (Å²) < 4.78 is 0. The van der Waals surface area contributed by atoms with Crippen molar-refractivity contribution in [2.45, 2.75) is 44.2 Å². The van der Waals surface area contributed by atoms with E-state index < -0.39 is 0 Å². The Morgan fingerprint density at radius 2 is 2.08 bits per heavy atom. The Labute approximate surface area is 80.5 Å². The predicted molar refractivity (Wildman–Crippen MR) is 53.4 cm³/mol. The van der Waals surface area contributed by atoms with Crippen molar-refractivity contribution in [2.24, 2.45) is 17.6 Å². The number of piperidine rings is 1. The second kappa shape index (κ2) is 2.96. The number of hydrogen-bond donors (Lipinski definition) is 1. The molecule has 2 nitrogen and oxygen atoms in total. The van der Waals surface area contributed by atoms with Crippen molar-refractivity contribution in [2.75, 3.05) is 13.1 Å². The van der Waals surface area contributed by atoms with Crippen molar-refractivity contribution in [1.29, 1.82) is 0 Å². The van der Waals surface area contributed by atoms with Crippen molar-refractivity contribution in [3.8, 4) is 0 Å². The van der Waals surface area contributed by atoms with Crippen molar-refractivity contribution < 1.29 is 0 Å². The summed E-state index contributed by atoms with van der Waals surface area (Å²) in [6, 6.07) is 1.40. The lowest BCUT2D eigenvalue weighted by Crippen LogP contribution is -2.42. The number of likely N-dealkylation sites (tertiary alicyclic amines) is 1. The maximum atomic E-state index is 6.15. The summed E-state index contributed by atoms with van der Waals surface area (Å²) in [5.41, 5.74) is 6.15. The minimum atomic E-state index is 0.486. The molecule has 2 aliphatic carbocycles. The zero-order valence-corrected chi connectivity index (χ0v) is 8.28. The molecule has 0 aromatic carbocycles. The molecule has 1 saturated heterocycles. The summed E-state index contributed by atoms with van der Waals surface area (Å²) in [6.07, 6.45) is 7.19. The summed E-state index contributed by atoms with van der Waals surface area (Å²) in [5, 5.41) is 0. The SMILES string of the molecule is NC(CN1CC2CCC1C2)C1CC1. The van der Waals surface area contributed by atoms with E-state index in [-0.39, 0.29) is 0 Å². The van der Waals surface area contributed by atoms with Crippen LogP contribution in [0.15, 0.2) is 0 Å². The highest BCUT2D eigenvalue weighted by molar-refractivity contribution is 4.95. The molecule has 0 aromatic rings. The molecule has 3 fully saturated rings. The highest BCUT2D eigenvalue weighted by Crippen LogP contribution is 2.39. The third-order valence-corrected chi connectivity index (χ3v) is 4.20. The molecule has 3 atom stereocenters. The van der Waals surface area contributed by atoms with Crippen LogP contribution < -0.4 is 5.73 Å². The molecule has 3 rings (SSSR count).